The van der Waals surface area contributed by atoms with Gasteiger partial charge in [-0.1, -0.05) is 13.3 Å². The van der Waals surface area contributed by atoms with Crippen LogP contribution in [0.15, 0.2) is 27.4 Å². The molecule has 0 radical (unpaired) electrons. The summed E-state index contributed by atoms with van der Waals surface area (Å²) < 4.78 is 21.3. The number of aliphatic hydroxyl groups excluding tert-OH is 4. The Morgan fingerprint density at radius 3 is 2.59 bits per heavy atom. The Morgan fingerprint density at radius 1 is 1.14 bits per heavy atom. The van der Waals surface area contributed by atoms with Crippen molar-refractivity contribution in [2.75, 3.05) is 13.2 Å². The first-order valence-corrected chi connectivity index (χ1v) is 9.27. The highest BCUT2D eigenvalue weighted by Gasteiger charge is 2.44. The third-order valence-corrected chi connectivity index (χ3v) is 4.66. The largest absolute Gasteiger partial charge is 0.504 e. The van der Waals surface area contributed by atoms with Gasteiger partial charge in [0.15, 0.2) is 5.75 Å². The molecule has 1 aliphatic heterocycles. The maximum Gasteiger partial charge on any atom is 0.383 e. The zero-order valence-corrected chi connectivity index (χ0v) is 15.7. The topological polar surface area (TPSA) is 159 Å². The summed E-state index contributed by atoms with van der Waals surface area (Å²) in [6, 6.07) is 4.16. The second kappa shape index (κ2) is 8.97. The lowest BCUT2D eigenvalue weighted by atomic mass is 9.99. The van der Waals surface area contributed by atoms with E-state index in [-0.39, 0.29) is 34.8 Å². The van der Waals surface area contributed by atoms with Crippen molar-refractivity contribution in [2.24, 2.45) is 0 Å². The highest BCUT2D eigenvalue weighted by molar-refractivity contribution is 5.86. The molecule has 5 atom stereocenters. The first kappa shape index (κ1) is 21.3. The normalized spacial score (nSPS) is 27.1. The summed E-state index contributed by atoms with van der Waals surface area (Å²) in [5, 5.41) is 49.5. The lowest BCUT2D eigenvalue weighted by molar-refractivity contribution is -0.277. The number of hydrogen-bond donors (Lipinski definition) is 5. The van der Waals surface area contributed by atoms with E-state index < -0.39 is 42.9 Å². The first-order valence-electron chi connectivity index (χ1n) is 9.27. The molecule has 10 heteroatoms. The average molecular weight is 412 g/mol. The van der Waals surface area contributed by atoms with Crippen LogP contribution in [0.25, 0.3) is 11.0 Å². The molecule has 1 aromatic heterocycles. The molecule has 0 saturated carbocycles. The fraction of sp³-hybridized carbons (Fsp3) is 0.526. The highest BCUT2D eigenvalue weighted by atomic mass is 16.7. The molecule has 5 N–H and O–H groups in total. The molecule has 0 bridgehead atoms. The molecule has 10 nitrogen and oxygen atoms in total. The highest BCUT2D eigenvalue weighted by Crippen LogP contribution is 2.34. The number of ether oxygens (including phenoxy) is 3. The number of aliphatic hydroxyl groups is 4. The van der Waals surface area contributed by atoms with Crippen molar-refractivity contribution in [3.8, 4) is 17.2 Å². The van der Waals surface area contributed by atoms with Crippen LogP contribution in [0.4, 0.5) is 0 Å². The fourth-order valence-corrected chi connectivity index (χ4v) is 2.97. The van der Waals surface area contributed by atoms with Crippen LogP contribution in [0.5, 0.6) is 17.2 Å². The quantitative estimate of drug-likeness (QED) is 0.306. The van der Waals surface area contributed by atoms with Crippen LogP contribution in [0.2, 0.25) is 0 Å². The van der Waals surface area contributed by atoms with Gasteiger partial charge in [0.05, 0.1) is 18.6 Å². The van der Waals surface area contributed by atoms with Gasteiger partial charge in [0.1, 0.15) is 35.7 Å². The lowest BCUT2D eigenvalue weighted by Gasteiger charge is -2.39. The van der Waals surface area contributed by atoms with Crippen molar-refractivity contribution in [1.82, 2.24) is 0 Å². The van der Waals surface area contributed by atoms with Crippen molar-refractivity contribution in [3.05, 3.63) is 28.6 Å². The van der Waals surface area contributed by atoms with E-state index >= 15 is 0 Å². The zero-order chi connectivity index (χ0) is 21.1. The number of unbranched alkanes of at least 4 members (excludes halogenated alkanes) is 1. The molecule has 160 valence electrons. The molecule has 1 aromatic carbocycles. The molecule has 0 amide bonds. The molecular formula is C19H24O10. The third-order valence-electron chi connectivity index (χ3n) is 4.66. The van der Waals surface area contributed by atoms with Crippen LogP contribution in [0.3, 0.4) is 0 Å². The minimum atomic E-state index is -1.59. The van der Waals surface area contributed by atoms with Crippen molar-refractivity contribution >= 4 is 11.0 Å². The lowest BCUT2D eigenvalue weighted by Crippen LogP contribution is -2.60. The van der Waals surface area contributed by atoms with Crippen molar-refractivity contribution in [2.45, 2.75) is 50.5 Å². The van der Waals surface area contributed by atoms with E-state index in [0.29, 0.717) is 6.42 Å². The van der Waals surface area contributed by atoms with Gasteiger partial charge in [-0.3, -0.25) is 0 Å². The summed E-state index contributed by atoms with van der Waals surface area (Å²) in [4.78, 5) is 12.1. The monoisotopic (exact) mass is 412 g/mol. The number of fused-ring (bicyclic) bond motifs is 1. The molecule has 2 heterocycles. The summed E-state index contributed by atoms with van der Waals surface area (Å²) >= 11 is 0. The maximum atomic E-state index is 12.1. The molecule has 1 saturated heterocycles. The zero-order valence-electron chi connectivity index (χ0n) is 15.7. The Bertz CT molecular complexity index is 892. The molecular weight excluding hydrogens is 388 g/mol. The van der Waals surface area contributed by atoms with Gasteiger partial charge in [-0.15, -0.1) is 0 Å². The molecule has 3 rings (SSSR count). The molecule has 0 aliphatic carbocycles. The van der Waals surface area contributed by atoms with E-state index in [1.807, 2.05) is 6.92 Å². The minimum absolute atomic E-state index is 0.0115. The summed E-state index contributed by atoms with van der Waals surface area (Å²) in [5.74, 6) is -0.524. The van der Waals surface area contributed by atoms with Gasteiger partial charge in [0.2, 0.25) is 12.0 Å². The standard InChI is InChI=1S/C19H24O10/c1-2-3-6-26-17-13(21)10-5-4-9(7-11(10)28-18(17)25)27-19-16(24)15(23)14(22)12(8-20)29-19/h4-5,7,12,14-16,19-24H,2-3,6,8H2,1H3/t12-,14+,15+,16-,19-/m1/s1. The predicted molar refractivity (Wildman–Crippen MR) is 98.9 cm³/mol. The van der Waals surface area contributed by atoms with Crippen molar-refractivity contribution in [1.29, 1.82) is 0 Å². The van der Waals surface area contributed by atoms with Gasteiger partial charge in [-0.05, 0) is 18.6 Å². The van der Waals surface area contributed by atoms with Crippen LogP contribution < -0.4 is 15.1 Å². The Morgan fingerprint density at radius 2 is 1.90 bits per heavy atom. The SMILES string of the molecule is CCCCOc1c(O)c2ccc(O[C@@H]3O[C@H](CO)[C@H](O)[C@H](O)[C@H]3O)cc2oc1=O. The second-order valence-electron chi connectivity index (χ2n) is 6.74. The van der Waals surface area contributed by atoms with E-state index in [1.165, 1.54) is 18.2 Å². The van der Waals surface area contributed by atoms with E-state index in [9.17, 15) is 30.3 Å². The molecule has 0 spiro atoms. The Hall–Kier alpha value is -2.37. The first-order chi connectivity index (χ1) is 13.9. The van der Waals surface area contributed by atoms with Gasteiger partial charge >= 0.3 is 5.63 Å². The van der Waals surface area contributed by atoms with Gasteiger partial charge in [-0.25, -0.2) is 4.79 Å². The number of benzene rings is 1. The van der Waals surface area contributed by atoms with Gasteiger partial charge in [-0.2, -0.15) is 0 Å². The van der Waals surface area contributed by atoms with Crippen LogP contribution in [0.1, 0.15) is 19.8 Å². The third kappa shape index (κ3) is 4.31. The molecule has 29 heavy (non-hydrogen) atoms. The summed E-state index contributed by atoms with van der Waals surface area (Å²) in [5.41, 5.74) is -0.839. The minimum Gasteiger partial charge on any atom is -0.504 e. The Balaban J connectivity index is 1.84. The molecule has 2 aromatic rings. The van der Waals surface area contributed by atoms with Crippen molar-refractivity contribution in [3.63, 3.8) is 0 Å². The van der Waals surface area contributed by atoms with E-state index in [1.54, 1.807) is 0 Å². The average Bonchev–Trinajstić information content (AvgIpc) is 2.70. The van der Waals surface area contributed by atoms with E-state index in [0.717, 1.165) is 6.42 Å². The number of hydrogen-bond acceptors (Lipinski definition) is 10. The van der Waals surface area contributed by atoms with Crippen LogP contribution >= 0.6 is 0 Å². The molecule has 1 fully saturated rings. The maximum absolute atomic E-state index is 12.1. The van der Waals surface area contributed by atoms with Crippen LogP contribution in [-0.2, 0) is 4.74 Å². The predicted octanol–water partition coefficient (Wildman–Crippen LogP) is -0.144. The number of rotatable bonds is 7. The van der Waals surface area contributed by atoms with E-state index in [2.05, 4.69) is 0 Å². The van der Waals surface area contributed by atoms with Gasteiger partial charge in [0.25, 0.3) is 0 Å². The van der Waals surface area contributed by atoms with Gasteiger partial charge < -0.3 is 44.2 Å². The summed E-state index contributed by atoms with van der Waals surface area (Å²) in [6.07, 6.45) is -5.62. The van der Waals surface area contributed by atoms with Gasteiger partial charge in [0, 0.05) is 6.07 Å². The fourth-order valence-electron chi connectivity index (χ4n) is 2.97. The summed E-state index contributed by atoms with van der Waals surface area (Å²) in [7, 11) is 0. The van der Waals surface area contributed by atoms with Crippen LogP contribution in [-0.4, -0.2) is 69.5 Å². The molecule has 1 aliphatic rings. The van der Waals surface area contributed by atoms with Crippen LogP contribution in [0, 0.1) is 0 Å². The van der Waals surface area contributed by atoms with Crippen molar-refractivity contribution < 1.29 is 44.2 Å². The second-order valence-corrected chi connectivity index (χ2v) is 6.74. The summed E-state index contributed by atoms with van der Waals surface area (Å²) in [6.45, 7) is 1.63. The smallest absolute Gasteiger partial charge is 0.383 e. The number of aromatic hydroxyl groups is 1. The Kier molecular flexibility index (Phi) is 6.60. The molecule has 0 unspecified atom stereocenters. The van der Waals surface area contributed by atoms with E-state index in [4.69, 9.17) is 18.6 Å². The Labute approximate surface area is 165 Å².